The van der Waals surface area contributed by atoms with Crippen molar-refractivity contribution < 1.29 is 4.74 Å². The number of rotatable bonds is 6. The zero-order chi connectivity index (χ0) is 11.1. The summed E-state index contributed by atoms with van der Waals surface area (Å²) in [5.74, 6) is 0. The minimum Gasteiger partial charge on any atom is -0.380 e. The van der Waals surface area contributed by atoms with E-state index in [0.29, 0.717) is 11.3 Å². The highest BCUT2D eigenvalue weighted by Gasteiger charge is 2.26. The van der Waals surface area contributed by atoms with Crippen LogP contribution in [0.15, 0.2) is 0 Å². The van der Waals surface area contributed by atoms with Crippen molar-refractivity contribution in [3.63, 3.8) is 0 Å². The van der Waals surface area contributed by atoms with Gasteiger partial charge in [-0.1, -0.05) is 13.3 Å². The van der Waals surface area contributed by atoms with Crippen LogP contribution in [0.25, 0.3) is 0 Å². The van der Waals surface area contributed by atoms with Crippen molar-refractivity contribution in [3.8, 4) is 0 Å². The molecule has 3 heteroatoms. The molecule has 0 saturated carbocycles. The predicted octanol–water partition coefficient (Wildman–Crippen LogP) is 1.55. The molecule has 0 aromatic carbocycles. The van der Waals surface area contributed by atoms with Crippen LogP contribution in [0.2, 0.25) is 0 Å². The number of hydrogen-bond donors (Lipinski definition) is 1. The third-order valence-corrected chi connectivity index (χ3v) is 4.78. The number of nitrogens with two attached hydrogens (primary N) is 1. The Bertz CT molecular complexity index is 169. The topological polar surface area (TPSA) is 35.2 Å². The molecule has 2 unspecified atom stereocenters. The van der Waals surface area contributed by atoms with Crippen LogP contribution in [0.4, 0.5) is 0 Å². The number of hydrogen-bond acceptors (Lipinski definition) is 2. The second kappa shape index (κ2) is 6.66. The van der Waals surface area contributed by atoms with Gasteiger partial charge in [0.2, 0.25) is 0 Å². The van der Waals surface area contributed by atoms with E-state index in [-0.39, 0.29) is 0 Å². The summed E-state index contributed by atoms with van der Waals surface area (Å²) in [6, 6.07) is 0.420. The van der Waals surface area contributed by atoms with Crippen LogP contribution in [-0.4, -0.2) is 28.1 Å². The third kappa shape index (κ3) is 5.14. The molecule has 0 bridgehead atoms. The van der Waals surface area contributed by atoms with E-state index >= 15 is 0 Å². The first-order valence-corrected chi connectivity index (χ1v) is 7.56. The van der Waals surface area contributed by atoms with E-state index in [4.69, 9.17) is 10.5 Å². The fourth-order valence-electron chi connectivity index (χ4n) is 2.44. The molecule has 2 N–H and O–H groups in total. The Morgan fingerprint density at radius 1 is 1.40 bits per heavy atom. The summed E-state index contributed by atoms with van der Waals surface area (Å²) in [6.07, 6.45) is 9.99. The van der Waals surface area contributed by atoms with Gasteiger partial charge in [-0.25, -0.2) is 0 Å². The summed E-state index contributed by atoms with van der Waals surface area (Å²) < 4.78 is 5.93. The first kappa shape index (κ1) is 13.2. The van der Waals surface area contributed by atoms with Crippen molar-refractivity contribution in [1.29, 1.82) is 0 Å². The molecule has 2 atom stereocenters. The Kier molecular flexibility index (Phi) is 5.86. The molecule has 1 saturated heterocycles. The van der Waals surface area contributed by atoms with Gasteiger partial charge in [-0.15, -0.1) is 0 Å². The van der Waals surface area contributed by atoms with Gasteiger partial charge < -0.3 is 10.5 Å². The zero-order valence-corrected chi connectivity index (χ0v) is 12.4. The molecule has 15 heavy (non-hydrogen) atoms. The lowest BCUT2D eigenvalue weighted by Crippen LogP contribution is -2.37. The maximum absolute atomic E-state index is 6.01. The summed E-state index contributed by atoms with van der Waals surface area (Å²) in [4.78, 5) is 0. The second-order valence-corrected chi connectivity index (χ2v) is 7.02. The molecule has 1 fully saturated rings. The standard InChI is InChI=1S/C12H27NOSi/c1-2-6-11(13)7-5-9-12(15)8-3-4-10-14-12/h11H,2-10,13H2,1,15H3. The van der Waals surface area contributed by atoms with E-state index in [1.165, 1.54) is 61.6 Å². The Morgan fingerprint density at radius 2 is 2.20 bits per heavy atom. The van der Waals surface area contributed by atoms with Gasteiger partial charge in [0, 0.05) is 28.1 Å². The molecule has 0 aromatic heterocycles. The molecular weight excluding hydrogens is 202 g/mol. The van der Waals surface area contributed by atoms with Gasteiger partial charge in [-0.3, -0.25) is 0 Å². The minimum atomic E-state index is 0.296. The molecule has 1 rings (SSSR count). The van der Waals surface area contributed by atoms with Gasteiger partial charge in [-0.2, -0.15) is 0 Å². The summed E-state index contributed by atoms with van der Waals surface area (Å²) in [5, 5.41) is 0.296. The van der Waals surface area contributed by atoms with E-state index in [0.717, 1.165) is 6.61 Å². The van der Waals surface area contributed by atoms with Crippen molar-refractivity contribution in [2.24, 2.45) is 5.73 Å². The van der Waals surface area contributed by atoms with Crippen molar-refractivity contribution in [2.45, 2.75) is 69.6 Å². The summed E-state index contributed by atoms with van der Waals surface area (Å²) >= 11 is 0. The molecule has 1 aliphatic heterocycles. The van der Waals surface area contributed by atoms with Crippen LogP contribution in [0.5, 0.6) is 0 Å². The fourth-order valence-corrected chi connectivity index (χ4v) is 3.35. The SMILES string of the molecule is CCCC(N)CCCC1([SiH3])CCCCO1. The predicted molar refractivity (Wildman–Crippen MR) is 69.2 cm³/mol. The van der Waals surface area contributed by atoms with Gasteiger partial charge >= 0.3 is 0 Å². The van der Waals surface area contributed by atoms with Crippen LogP contribution < -0.4 is 5.73 Å². The Balaban J connectivity index is 2.12. The van der Waals surface area contributed by atoms with Crippen LogP contribution in [-0.2, 0) is 4.74 Å². The quantitative estimate of drug-likeness (QED) is 0.701. The molecule has 90 valence electrons. The van der Waals surface area contributed by atoms with Crippen molar-refractivity contribution in [3.05, 3.63) is 0 Å². The average molecular weight is 229 g/mol. The van der Waals surface area contributed by atoms with Crippen molar-refractivity contribution in [2.75, 3.05) is 6.61 Å². The molecule has 0 aliphatic carbocycles. The molecule has 0 spiro atoms. The third-order valence-electron chi connectivity index (χ3n) is 3.49. The molecule has 0 aromatic rings. The van der Waals surface area contributed by atoms with E-state index in [2.05, 4.69) is 6.92 Å². The van der Waals surface area contributed by atoms with Crippen LogP contribution >= 0.6 is 0 Å². The maximum atomic E-state index is 6.01. The van der Waals surface area contributed by atoms with E-state index in [1.54, 1.807) is 0 Å². The summed E-state index contributed by atoms with van der Waals surface area (Å²) in [7, 11) is 1.18. The molecule has 1 heterocycles. The number of ether oxygens (including phenoxy) is 1. The Hall–Kier alpha value is 0.137. The van der Waals surface area contributed by atoms with Crippen molar-refractivity contribution in [1.82, 2.24) is 0 Å². The fraction of sp³-hybridized carbons (Fsp3) is 1.00. The molecule has 1 aliphatic rings. The molecule has 0 amide bonds. The molecule has 0 radical (unpaired) electrons. The lowest BCUT2D eigenvalue weighted by molar-refractivity contribution is -0.0241. The van der Waals surface area contributed by atoms with Gasteiger partial charge in [-0.05, 0) is 44.9 Å². The first-order chi connectivity index (χ1) is 7.16. The summed E-state index contributed by atoms with van der Waals surface area (Å²) in [5.41, 5.74) is 6.01. The van der Waals surface area contributed by atoms with E-state index < -0.39 is 0 Å². The highest BCUT2D eigenvalue weighted by atomic mass is 28.1. The second-order valence-electron chi connectivity index (χ2n) is 5.20. The largest absolute Gasteiger partial charge is 0.380 e. The lowest BCUT2D eigenvalue weighted by Gasteiger charge is -2.34. The van der Waals surface area contributed by atoms with Gasteiger partial charge in [0.25, 0.3) is 0 Å². The Labute approximate surface area is 97.4 Å². The Morgan fingerprint density at radius 3 is 2.80 bits per heavy atom. The van der Waals surface area contributed by atoms with Gasteiger partial charge in [0.1, 0.15) is 0 Å². The van der Waals surface area contributed by atoms with Gasteiger partial charge in [0.15, 0.2) is 0 Å². The van der Waals surface area contributed by atoms with E-state index in [9.17, 15) is 0 Å². The highest BCUT2D eigenvalue weighted by Crippen LogP contribution is 2.27. The van der Waals surface area contributed by atoms with Crippen molar-refractivity contribution >= 4 is 10.2 Å². The maximum Gasteiger partial charge on any atom is 0.0486 e. The zero-order valence-electron chi connectivity index (χ0n) is 10.4. The van der Waals surface area contributed by atoms with E-state index in [1.807, 2.05) is 0 Å². The normalized spacial score (nSPS) is 29.2. The molecular formula is C12H27NOSi. The van der Waals surface area contributed by atoms with Crippen LogP contribution in [0, 0.1) is 0 Å². The minimum absolute atomic E-state index is 0.296. The smallest absolute Gasteiger partial charge is 0.0486 e. The molecule has 2 nitrogen and oxygen atoms in total. The summed E-state index contributed by atoms with van der Waals surface area (Å²) in [6.45, 7) is 3.20. The average Bonchev–Trinajstić information content (AvgIpc) is 2.19. The van der Waals surface area contributed by atoms with Gasteiger partial charge in [0.05, 0.1) is 0 Å². The highest BCUT2D eigenvalue weighted by molar-refractivity contribution is 6.14. The lowest BCUT2D eigenvalue weighted by atomic mass is 9.99. The monoisotopic (exact) mass is 229 g/mol. The van der Waals surface area contributed by atoms with Crippen LogP contribution in [0.1, 0.15) is 58.3 Å². The first-order valence-electron chi connectivity index (χ1n) is 6.56. The van der Waals surface area contributed by atoms with Crippen LogP contribution in [0.3, 0.4) is 0 Å².